The van der Waals surface area contributed by atoms with Gasteiger partial charge in [-0.05, 0) is 25.5 Å². The highest BCUT2D eigenvalue weighted by Crippen LogP contribution is 2.15. The highest BCUT2D eigenvalue weighted by atomic mass is 16.5. The molecule has 0 atom stereocenters. The van der Waals surface area contributed by atoms with Crippen LogP contribution in [0.2, 0.25) is 0 Å². The van der Waals surface area contributed by atoms with E-state index in [0.717, 1.165) is 51.5 Å². The number of hydrogen-bond donors (Lipinski definition) is 1. The summed E-state index contributed by atoms with van der Waals surface area (Å²) >= 11 is 0. The predicted octanol–water partition coefficient (Wildman–Crippen LogP) is 1.71. The molecule has 1 aliphatic heterocycles. The zero-order valence-corrected chi connectivity index (χ0v) is 15.0. The van der Waals surface area contributed by atoms with E-state index < -0.39 is 0 Å². The molecule has 1 saturated heterocycles. The van der Waals surface area contributed by atoms with Crippen LogP contribution in [0.3, 0.4) is 0 Å². The number of para-hydroxylation sites is 1. The first-order valence-corrected chi connectivity index (χ1v) is 8.81. The van der Waals surface area contributed by atoms with Crippen molar-refractivity contribution >= 4 is 11.6 Å². The minimum Gasteiger partial charge on any atom is -0.368 e. The Kier molecular flexibility index (Phi) is 5.87. The zero-order chi connectivity index (χ0) is 17.5. The van der Waals surface area contributed by atoms with Crippen molar-refractivity contribution < 1.29 is 4.52 Å². The molecule has 0 spiro atoms. The first kappa shape index (κ1) is 17.3. The first-order valence-electron chi connectivity index (χ1n) is 8.81. The van der Waals surface area contributed by atoms with E-state index in [1.54, 1.807) is 0 Å². The van der Waals surface area contributed by atoms with Crippen molar-refractivity contribution in [2.24, 2.45) is 4.99 Å². The van der Waals surface area contributed by atoms with E-state index >= 15 is 0 Å². The van der Waals surface area contributed by atoms with Crippen LogP contribution in [0.15, 0.2) is 39.8 Å². The van der Waals surface area contributed by atoms with Crippen molar-refractivity contribution in [3.05, 3.63) is 42.0 Å². The molecular formula is C18H26N6O. The lowest BCUT2D eigenvalue weighted by Crippen LogP contribution is -2.52. The van der Waals surface area contributed by atoms with Crippen LogP contribution in [0.1, 0.15) is 18.1 Å². The number of anilines is 1. The van der Waals surface area contributed by atoms with Gasteiger partial charge >= 0.3 is 0 Å². The van der Waals surface area contributed by atoms with Gasteiger partial charge in [0.15, 0.2) is 11.8 Å². The van der Waals surface area contributed by atoms with Crippen LogP contribution in [-0.2, 0) is 6.42 Å². The van der Waals surface area contributed by atoms with Crippen LogP contribution in [0.25, 0.3) is 0 Å². The number of guanidine groups is 1. The van der Waals surface area contributed by atoms with Crippen molar-refractivity contribution in [3.63, 3.8) is 0 Å². The van der Waals surface area contributed by atoms with Crippen LogP contribution in [-0.4, -0.2) is 60.8 Å². The van der Waals surface area contributed by atoms with Gasteiger partial charge in [-0.2, -0.15) is 4.98 Å². The van der Waals surface area contributed by atoms with Crippen molar-refractivity contribution in [2.45, 2.75) is 19.8 Å². The number of nitrogens with one attached hydrogen (secondary N) is 1. The summed E-state index contributed by atoms with van der Waals surface area (Å²) in [4.78, 5) is 13.4. The van der Waals surface area contributed by atoms with Crippen molar-refractivity contribution in [1.82, 2.24) is 20.4 Å². The molecule has 1 aromatic carbocycles. The molecule has 7 heteroatoms. The number of aryl methyl sites for hydroxylation is 2. The van der Waals surface area contributed by atoms with Gasteiger partial charge in [0.2, 0.25) is 5.89 Å². The van der Waals surface area contributed by atoms with E-state index in [1.807, 2.05) is 14.0 Å². The molecule has 1 aromatic heterocycles. The molecule has 0 amide bonds. The Bertz CT molecular complexity index is 676. The molecule has 0 unspecified atom stereocenters. The van der Waals surface area contributed by atoms with Crippen LogP contribution in [0, 0.1) is 6.92 Å². The molecule has 0 radical (unpaired) electrons. The van der Waals surface area contributed by atoms with Crippen molar-refractivity contribution in [2.75, 3.05) is 44.7 Å². The summed E-state index contributed by atoms with van der Waals surface area (Å²) in [6.07, 6.45) is 1.72. The highest BCUT2D eigenvalue weighted by Gasteiger charge is 2.19. The zero-order valence-electron chi connectivity index (χ0n) is 15.0. The van der Waals surface area contributed by atoms with E-state index in [-0.39, 0.29) is 0 Å². The molecule has 3 rings (SSSR count). The van der Waals surface area contributed by atoms with E-state index in [4.69, 9.17) is 4.52 Å². The summed E-state index contributed by atoms with van der Waals surface area (Å²) in [6, 6.07) is 10.6. The molecule has 0 saturated carbocycles. The Hall–Kier alpha value is -2.57. The number of hydrogen-bond acceptors (Lipinski definition) is 5. The smallest absolute Gasteiger partial charge is 0.226 e. The van der Waals surface area contributed by atoms with Gasteiger partial charge in [-0.1, -0.05) is 23.4 Å². The number of nitrogens with zero attached hydrogens (tertiary/aromatic N) is 5. The Balaban J connectivity index is 1.41. The maximum absolute atomic E-state index is 5.13. The summed E-state index contributed by atoms with van der Waals surface area (Å²) < 4.78 is 5.13. The van der Waals surface area contributed by atoms with Gasteiger partial charge in [0.05, 0.1) is 0 Å². The molecule has 1 fully saturated rings. The summed E-state index contributed by atoms with van der Waals surface area (Å²) in [7, 11) is 1.84. The molecule has 134 valence electrons. The van der Waals surface area contributed by atoms with Gasteiger partial charge in [0, 0.05) is 51.9 Å². The molecule has 2 heterocycles. The fourth-order valence-electron chi connectivity index (χ4n) is 3.03. The lowest BCUT2D eigenvalue weighted by atomic mass is 10.2. The normalized spacial score (nSPS) is 15.5. The predicted molar refractivity (Wildman–Crippen MR) is 98.9 cm³/mol. The van der Waals surface area contributed by atoms with Crippen molar-refractivity contribution in [1.29, 1.82) is 0 Å². The van der Waals surface area contributed by atoms with Crippen LogP contribution in [0.4, 0.5) is 5.69 Å². The number of aromatic nitrogens is 2. The number of rotatable bonds is 5. The topological polar surface area (TPSA) is 69.8 Å². The minimum atomic E-state index is 0.690. The summed E-state index contributed by atoms with van der Waals surface area (Å²) in [6.45, 7) is 6.63. The minimum absolute atomic E-state index is 0.690. The number of piperazine rings is 1. The van der Waals surface area contributed by atoms with Crippen LogP contribution >= 0.6 is 0 Å². The van der Waals surface area contributed by atoms with Gasteiger partial charge < -0.3 is 19.6 Å². The molecular weight excluding hydrogens is 316 g/mol. The SMILES string of the molecule is CN=C(NCCCc1nc(C)no1)N1CCN(c2ccccc2)CC1. The average molecular weight is 342 g/mol. The van der Waals surface area contributed by atoms with Gasteiger partial charge in [-0.15, -0.1) is 0 Å². The van der Waals surface area contributed by atoms with Gasteiger partial charge in [-0.25, -0.2) is 0 Å². The number of benzene rings is 1. The third-order valence-electron chi connectivity index (χ3n) is 4.33. The van der Waals surface area contributed by atoms with Gasteiger partial charge in [-0.3, -0.25) is 4.99 Å². The molecule has 0 aliphatic carbocycles. The molecule has 7 nitrogen and oxygen atoms in total. The third-order valence-corrected chi connectivity index (χ3v) is 4.33. The van der Waals surface area contributed by atoms with E-state index in [2.05, 4.69) is 60.6 Å². The van der Waals surface area contributed by atoms with Crippen LogP contribution < -0.4 is 10.2 Å². The van der Waals surface area contributed by atoms with Crippen LogP contribution in [0.5, 0.6) is 0 Å². The summed E-state index contributed by atoms with van der Waals surface area (Å²) in [5, 5.41) is 7.25. The second kappa shape index (κ2) is 8.50. The molecule has 0 bridgehead atoms. The standard InChI is InChI=1S/C18H26N6O/c1-15-21-17(25-22-15)9-6-10-20-18(19-2)24-13-11-23(12-14-24)16-7-4-3-5-8-16/h3-5,7-8H,6,9-14H2,1-2H3,(H,19,20). The Morgan fingerprint density at radius 2 is 1.96 bits per heavy atom. The third kappa shape index (κ3) is 4.71. The first-order chi connectivity index (χ1) is 12.3. The highest BCUT2D eigenvalue weighted by molar-refractivity contribution is 5.80. The second-order valence-electron chi connectivity index (χ2n) is 6.12. The van der Waals surface area contributed by atoms with E-state index in [1.165, 1.54) is 5.69 Å². The maximum atomic E-state index is 5.13. The van der Waals surface area contributed by atoms with Crippen molar-refractivity contribution in [3.8, 4) is 0 Å². The summed E-state index contributed by atoms with van der Waals surface area (Å²) in [5.74, 6) is 2.36. The van der Waals surface area contributed by atoms with Gasteiger partial charge in [0.25, 0.3) is 0 Å². The molecule has 1 N–H and O–H groups in total. The lowest BCUT2D eigenvalue weighted by Gasteiger charge is -2.37. The molecule has 25 heavy (non-hydrogen) atoms. The Morgan fingerprint density at radius 3 is 2.60 bits per heavy atom. The largest absolute Gasteiger partial charge is 0.368 e. The van der Waals surface area contributed by atoms with Gasteiger partial charge in [0.1, 0.15) is 0 Å². The molecule has 2 aromatic rings. The fraction of sp³-hybridized carbons (Fsp3) is 0.500. The number of aliphatic imine (C=N–C) groups is 1. The summed E-state index contributed by atoms with van der Waals surface area (Å²) in [5.41, 5.74) is 1.29. The Morgan fingerprint density at radius 1 is 1.20 bits per heavy atom. The quantitative estimate of drug-likeness (QED) is 0.507. The molecule has 1 aliphatic rings. The monoisotopic (exact) mass is 342 g/mol. The average Bonchev–Trinajstić information content (AvgIpc) is 3.08. The van der Waals surface area contributed by atoms with E-state index in [9.17, 15) is 0 Å². The van der Waals surface area contributed by atoms with E-state index in [0.29, 0.717) is 11.7 Å². The Labute approximate surface area is 148 Å². The maximum Gasteiger partial charge on any atom is 0.226 e. The fourth-order valence-corrected chi connectivity index (χ4v) is 3.03. The lowest BCUT2D eigenvalue weighted by molar-refractivity contribution is 0.365. The second-order valence-corrected chi connectivity index (χ2v) is 6.12.